The molecule has 1 atom stereocenters. The lowest BCUT2D eigenvalue weighted by atomic mass is 9.97. The van der Waals surface area contributed by atoms with Gasteiger partial charge in [-0.3, -0.25) is 9.59 Å². The molecule has 160 valence electrons. The highest BCUT2D eigenvalue weighted by molar-refractivity contribution is 5.94. The van der Waals surface area contributed by atoms with Crippen LogP contribution in [0.3, 0.4) is 0 Å². The summed E-state index contributed by atoms with van der Waals surface area (Å²) in [6.07, 6.45) is 0.540. The first-order valence-corrected chi connectivity index (χ1v) is 10.2. The van der Waals surface area contributed by atoms with Crippen molar-refractivity contribution in [3.8, 4) is 11.4 Å². The summed E-state index contributed by atoms with van der Waals surface area (Å²) in [6.45, 7) is 5.63. The Balaban J connectivity index is 1.36. The molecule has 4 rings (SSSR count). The third-order valence-electron chi connectivity index (χ3n) is 5.39. The molecule has 0 fully saturated rings. The number of amides is 1. The van der Waals surface area contributed by atoms with E-state index in [2.05, 4.69) is 10.4 Å². The molecule has 0 spiro atoms. The second kappa shape index (κ2) is 8.63. The minimum Gasteiger partial charge on any atom is -0.492 e. The molecule has 1 unspecified atom stereocenters. The number of para-hydroxylation sites is 1. The first-order valence-electron chi connectivity index (χ1n) is 10.2. The van der Waals surface area contributed by atoms with E-state index in [4.69, 9.17) is 9.47 Å². The SMILES string of the molecule is Cc1ccc(-n2nc(C)c(NC(=O)COC(=O)C3COc4ccccc4C3)c2C)cc1. The van der Waals surface area contributed by atoms with E-state index in [1.807, 2.05) is 69.3 Å². The van der Waals surface area contributed by atoms with Crippen LogP contribution in [0.4, 0.5) is 5.69 Å². The molecule has 0 aliphatic carbocycles. The highest BCUT2D eigenvalue weighted by atomic mass is 16.5. The Morgan fingerprint density at radius 2 is 1.87 bits per heavy atom. The van der Waals surface area contributed by atoms with Crippen LogP contribution in [0.2, 0.25) is 0 Å². The van der Waals surface area contributed by atoms with E-state index < -0.39 is 17.8 Å². The van der Waals surface area contributed by atoms with Gasteiger partial charge in [-0.2, -0.15) is 5.10 Å². The molecule has 2 aromatic carbocycles. The van der Waals surface area contributed by atoms with Crippen LogP contribution in [0, 0.1) is 26.7 Å². The van der Waals surface area contributed by atoms with Crippen molar-refractivity contribution in [2.75, 3.05) is 18.5 Å². The molecule has 1 aliphatic heterocycles. The molecule has 1 N–H and O–H groups in total. The van der Waals surface area contributed by atoms with Crippen LogP contribution >= 0.6 is 0 Å². The van der Waals surface area contributed by atoms with Crippen LogP contribution < -0.4 is 10.1 Å². The fraction of sp³-hybridized carbons (Fsp3) is 0.292. The van der Waals surface area contributed by atoms with Gasteiger partial charge < -0.3 is 14.8 Å². The van der Waals surface area contributed by atoms with Crippen LogP contribution in [0.25, 0.3) is 5.69 Å². The number of anilines is 1. The molecule has 7 heteroatoms. The molecular weight excluding hydrogens is 394 g/mol. The van der Waals surface area contributed by atoms with Crippen molar-refractivity contribution in [2.45, 2.75) is 27.2 Å². The third kappa shape index (κ3) is 4.45. The lowest BCUT2D eigenvalue weighted by Crippen LogP contribution is -2.32. The van der Waals surface area contributed by atoms with Crippen molar-refractivity contribution in [1.29, 1.82) is 0 Å². The molecule has 31 heavy (non-hydrogen) atoms. The molecular formula is C24H25N3O4. The summed E-state index contributed by atoms with van der Waals surface area (Å²) in [5.74, 6) is -0.468. The molecule has 1 aromatic heterocycles. The molecule has 0 saturated carbocycles. The number of hydrogen-bond donors (Lipinski definition) is 1. The summed E-state index contributed by atoms with van der Waals surface area (Å²) >= 11 is 0. The third-order valence-corrected chi connectivity index (χ3v) is 5.39. The van der Waals surface area contributed by atoms with Gasteiger partial charge in [0.1, 0.15) is 12.4 Å². The van der Waals surface area contributed by atoms with Crippen molar-refractivity contribution in [3.05, 3.63) is 71.0 Å². The van der Waals surface area contributed by atoms with E-state index in [0.717, 1.165) is 28.3 Å². The predicted octanol–water partition coefficient (Wildman–Crippen LogP) is 3.53. The highest BCUT2D eigenvalue weighted by Crippen LogP contribution is 2.27. The monoisotopic (exact) mass is 419 g/mol. The van der Waals surface area contributed by atoms with Gasteiger partial charge in [0.2, 0.25) is 0 Å². The first-order chi connectivity index (χ1) is 14.9. The second-order valence-electron chi connectivity index (χ2n) is 7.77. The zero-order valence-electron chi connectivity index (χ0n) is 17.8. The van der Waals surface area contributed by atoms with Gasteiger partial charge in [0.15, 0.2) is 6.61 Å². The first kappa shape index (κ1) is 20.7. The Hall–Kier alpha value is -3.61. The van der Waals surface area contributed by atoms with E-state index in [0.29, 0.717) is 17.8 Å². The number of hydrogen-bond acceptors (Lipinski definition) is 5. The Morgan fingerprint density at radius 3 is 2.65 bits per heavy atom. The zero-order valence-corrected chi connectivity index (χ0v) is 17.8. The number of fused-ring (bicyclic) bond motifs is 1. The van der Waals surface area contributed by atoms with Crippen LogP contribution in [-0.2, 0) is 20.7 Å². The molecule has 1 amide bonds. The average molecular weight is 419 g/mol. The number of rotatable bonds is 5. The van der Waals surface area contributed by atoms with Crippen molar-refractivity contribution >= 4 is 17.6 Å². The minimum atomic E-state index is -0.437. The number of aromatic nitrogens is 2. The maximum absolute atomic E-state index is 12.4. The van der Waals surface area contributed by atoms with E-state index >= 15 is 0 Å². The number of carbonyl (C=O) groups is 2. The van der Waals surface area contributed by atoms with E-state index in [-0.39, 0.29) is 13.2 Å². The van der Waals surface area contributed by atoms with Crippen molar-refractivity contribution < 1.29 is 19.1 Å². The van der Waals surface area contributed by atoms with Crippen LogP contribution in [0.5, 0.6) is 5.75 Å². The molecule has 3 aromatic rings. The number of nitrogens with zero attached hydrogens (tertiary/aromatic N) is 2. The van der Waals surface area contributed by atoms with E-state index in [1.54, 1.807) is 4.68 Å². The smallest absolute Gasteiger partial charge is 0.313 e. The number of esters is 1. The number of carbonyl (C=O) groups excluding carboxylic acids is 2. The quantitative estimate of drug-likeness (QED) is 0.640. The summed E-state index contributed by atoms with van der Waals surface area (Å²) < 4.78 is 12.7. The number of benzene rings is 2. The molecule has 0 radical (unpaired) electrons. The summed E-state index contributed by atoms with van der Waals surface area (Å²) in [5, 5.41) is 7.35. The lowest BCUT2D eigenvalue weighted by molar-refractivity contribution is -0.152. The van der Waals surface area contributed by atoms with Gasteiger partial charge >= 0.3 is 5.97 Å². The van der Waals surface area contributed by atoms with Gasteiger partial charge in [0, 0.05) is 0 Å². The fourth-order valence-electron chi connectivity index (χ4n) is 3.67. The normalized spacial score (nSPS) is 15.0. The highest BCUT2D eigenvalue weighted by Gasteiger charge is 2.27. The van der Waals surface area contributed by atoms with Gasteiger partial charge in [0.05, 0.1) is 28.7 Å². The second-order valence-corrected chi connectivity index (χ2v) is 7.77. The Bertz CT molecular complexity index is 1120. The van der Waals surface area contributed by atoms with Gasteiger partial charge in [-0.05, 0) is 51.0 Å². The zero-order chi connectivity index (χ0) is 22.0. The van der Waals surface area contributed by atoms with Gasteiger partial charge in [0.25, 0.3) is 5.91 Å². The largest absolute Gasteiger partial charge is 0.492 e. The van der Waals surface area contributed by atoms with Gasteiger partial charge in [-0.25, -0.2) is 4.68 Å². The number of nitrogens with one attached hydrogen (secondary N) is 1. The van der Waals surface area contributed by atoms with Crippen molar-refractivity contribution in [1.82, 2.24) is 9.78 Å². The van der Waals surface area contributed by atoms with Crippen molar-refractivity contribution in [3.63, 3.8) is 0 Å². The van der Waals surface area contributed by atoms with Crippen LogP contribution in [0.15, 0.2) is 48.5 Å². The topological polar surface area (TPSA) is 82.5 Å². The lowest BCUT2D eigenvalue weighted by Gasteiger charge is -2.23. The molecule has 7 nitrogen and oxygen atoms in total. The van der Waals surface area contributed by atoms with Crippen LogP contribution in [-0.4, -0.2) is 34.9 Å². The fourth-order valence-corrected chi connectivity index (χ4v) is 3.67. The standard InChI is InChI=1S/C24H25N3O4/c1-15-8-10-20(11-9-15)27-17(3)23(16(2)26-27)25-22(28)14-31-24(29)19-12-18-6-4-5-7-21(18)30-13-19/h4-11,19H,12-14H2,1-3H3,(H,25,28). The average Bonchev–Trinajstić information content (AvgIpc) is 3.06. The maximum Gasteiger partial charge on any atom is 0.313 e. The van der Waals surface area contributed by atoms with Gasteiger partial charge in [-0.15, -0.1) is 0 Å². The van der Waals surface area contributed by atoms with Gasteiger partial charge in [-0.1, -0.05) is 35.9 Å². The molecule has 2 heterocycles. The molecule has 0 bridgehead atoms. The predicted molar refractivity (Wildman–Crippen MR) is 116 cm³/mol. The summed E-state index contributed by atoms with van der Waals surface area (Å²) in [6, 6.07) is 15.6. The van der Waals surface area contributed by atoms with E-state index in [9.17, 15) is 9.59 Å². The summed E-state index contributed by atoms with van der Waals surface area (Å²) in [5.41, 5.74) is 5.16. The summed E-state index contributed by atoms with van der Waals surface area (Å²) in [7, 11) is 0. The summed E-state index contributed by atoms with van der Waals surface area (Å²) in [4.78, 5) is 24.9. The molecule has 0 saturated heterocycles. The van der Waals surface area contributed by atoms with E-state index in [1.165, 1.54) is 0 Å². The Labute approximate surface area is 181 Å². The number of ether oxygens (including phenoxy) is 2. The number of aryl methyl sites for hydroxylation is 2. The van der Waals surface area contributed by atoms with Crippen LogP contribution in [0.1, 0.15) is 22.5 Å². The minimum absolute atomic E-state index is 0.249. The maximum atomic E-state index is 12.4. The Kier molecular flexibility index (Phi) is 5.75. The molecule has 1 aliphatic rings. The Morgan fingerprint density at radius 1 is 1.13 bits per heavy atom. The van der Waals surface area contributed by atoms with Crippen molar-refractivity contribution in [2.24, 2.45) is 5.92 Å².